The summed E-state index contributed by atoms with van der Waals surface area (Å²) in [5.41, 5.74) is -0.392. The van der Waals surface area contributed by atoms with E-state index in [0.717, 1.165) is 18.2 Å². The molecule has 0 aliphatic heterocycles. The lowest BCUT2D eigenvalue weighted by molar-refractivity contribution is -0.121. The van der Waals surface area contributed by atoms with E-state index in [4.69, 9.17) is 14.7 Å². The van der Waals surface area contributed by atoms with Crippen molar-refractivity contribution >= 4 is 17.6 Å². The molecular weight excluding hydrogens is 370 g/mol. The Morgan fingerprint density at radius 3 is 2.32 bits per heavy atom. The average molecular weight is 388 g/mol. The van der Waals surface area contributed by atoms with E-state index < -0.39 is 35.7 Å². The molecule has 0 saturated heterocycles. The van der Waals surface area contributed by atoms with E-state index in [-0.39, 0.29) is 13.0 Å². The van der Waals surface area contributed by atoms with Gasteiger partial charge in [0.05, 0.1) is 19.1 Å². The van der Waals surface area contributed by atoms with Crippen LogP contribution in [0.3, 0.4) is 0 Å². The Morgan fingerprint density at radius 1 is 1.11 bits per heavy atom. The molecule has 2 aromatic rings. The van der Waals surface area contributed by atoms with Gasteiger partial charge >= 0.3 is 5.97 Å². The number of carbonyl (C=O) groups excluding carboxylic acids is 2. The average Bonchev–Trinajstić information content (AvgIpc) is 2.68. The first-order valence-corrected chi connectivity index (χ1v) is 8.49. The van der Waals surface area contributed by atoms with E-state index in [1.165, 1.54) is 4.90 Å². The van der Waals surface area contributed by atoms with Crippen molar-refractivity contribution < 1.29 is 27.8 Å². The summed E-state index contributed by atoms with van der Waals surface area (Å²) in [7, 11) is 0. The van der Waals surface area contributed by atoms with Crippen LogP contribution < -0.4 is 9.64 Å². The molecule has 8 heteroatoms. The van der Waals surface area contributed by atoms with Gasteiger partial charge in [-0.15, -0.1) is 0 Å². The predicted octanol–water partition coefficient (Wildman–Crippen LogP) is 3.47. The number of nitrogens with zero attached hydrogens (tertiary/aromatic N) is 2. The third kappa shape index (κ3) is 5.27. The first-order chi connectivity index (χ1) is 13.5. The fourth-order valence-electron chi connectivity index (χ4n) is 2.42. The van der Waals surface area contributed by atoms with E-state index in [0.29, 0.717) is 18.0 Å². The zero-order valence-corrected chi connectivity index (χ0v) is 15.2. The summed E-state index contributed by atoms with van der Waals surface area (Å²) >= 11 is 0. The fraction of sp³-hybridized carbons (Fsp3) is 0.250. The Bertz CT molecular complexity index is 859. The van der Waals surface area contributed by atoms with Crippen LogP contribution in [0, 0.1) is 23.0 Å². The molecule has 0 heterocycles. The van der Waals surface area contributed by atoms with Crippen molar-refractivity contribution in [3.8, 4) is 11.8 Å². The largest absolute Gasteiger partial charge is 0.494 e. The third-order valence-electron chi connectivity index (χ3n) is 3.70. The van der Waals surface area contributed by atoms with E-state index in [1.54, 1.807) is 24.3 Å². The van der Waals surface area contributed by atoms with Crippen molar-refractivity contribution in [1.82, 2.24) is 0 Å². The van der Waals surface area contributed by atoms with Gasteiger partial charge in [-0.25, -0.2) is 13.6 Å². The molecule has 0 radical (unpaired) electrons. The van der Waals surface area contributed by atoms with Crippen molar-refractivity contribution in [2.45, 2.75) is 13.3 Å². The molecule has 2 rings (SSSR count). The second-order valence-corrected chi connectivity index (χ2v) is 5.55. The summed E-state index contributed by atoms with van der Waals surface area (Å²) < 4.78 is 37.4. The van der Waals surface area contributed by atoms with E-state index in [2.05, 4.69) is 0 Å². The summed E-state index contributed by atoms with van der Waals surface area (Å²) in [5, 5.41) is 8.81. The first-order valence-electron chi connectivity index (χ1n) is 8.49. The number of amides is 1. The lowest BCUT2D eigenvalue weighted by atomic mass is 10.2. The van der Waals surface area contributed by atoms with Gasteiger partial charge in [0.25, 0.3) is 5.91 Å². The highest BCUT2D eigenvalue weighted by molar-refractivity contribution is 5.97. The molecule has 0 N–H and O–H groups in total. The number of rotatable bonds is 8. The zero-order valence-electron chi connectivity index (χ0n) is 15.2. The monoisotopic (exact) mass is 388 g/mol. The number of ether oxygens (including phenoxy) is 2. The van der Waals surface area contributed by atoms with Gasteiger partial charge in [-0.2, -0.15) is 5.26 Å². The Hall–Kier alpha value is -3.47. The van der Waals surface area contributed by atoms with Gasteiger partial charge in [0, 0.05) is 12.2 Å². The SMILES string of the molecule is CCOc1ccc(N(CCC#N)C(=O)COC(=O)c2c(F)cccc2F)cc1. The van der Waals surface area contributed by atoms with E-state index >= 15 is 0 Å². The molecule has 0 saturated carbocycles. The maximum Gasteiger partial charge on any atom is 0.344 e. The summed E-state index contributed by atoms with van der Waals surface area (Å²) in [4.78, 5) is 25.7. The van der Waals surface area contributed by atoms with Crippen molar-refractivity contribution in [1.29, 1.82) is 5.26 Å². The number of hydrogen-bond acceptors (Lipinski definition) is 5. The number of carbonyl (C=O) groups is 2. The lowest BCUT2D eigenvalue weighted by Crippen LogP contribution is -2.35. The molecule has 0 aromatic heterocycles. The topological polar surface area (TPSA) is 79.6 Å². The number of nitriles is 1. The Labute approximate surface area is 160 Å². The number of halogens is 2. The molecule has 2 aromatic carbocycles. The molecule has 0 spiro atoms. The molecule has 0 aliphatic carbocycles. The number of benzene rings is 2. The van der Waals surface area contributed by atoms with Crippen molar-refractivity contribution in [3.05, 3.63) is 59.7 Å². The molecule has 146 valence electrons. The summed E-state index contributed by atoms with van der Waals surface area (Å²) in [6.07, 6.45) is 0.0504. The van der Waals surface area contributed by atoms with Crippen molar-refractivity contribution in [3.63, 3.8) is 0 Å². The smallest absolute Gasteiger partial charge is 0.344 e. The minimum absolute atomic E-state index is 0.0504. The minimum Gasteiger partial charge on any atom is -0.494 e. The van der Waals surface area contributed by atoms with Crippen molar-refractivity contribution in [2.75, 3.05) is 24.7 Å². The third-order valence-corrected chi connectivity index (χ3v) is 3.70. The number of anilines is 1. The first kappa shape index (κ1) is 20.8. The summed E-state index contributed by atoms with van der Waals surface area (Å²) in [6, 6.07) is 11.4. The van der Waals surface area contributed by atoms with Gasteiger partial charge in [0.15, 0.2) is 6.61 Å². The highest BCUT2D eigenvalue weighted by Crippen LogP contribution is 2.20. The lowest BCUT2D eigenvalue weighted by Gasteiger charge is -2.22. The molecule has 0 fully saturated rings. The Balaban J connectivity index is 2.10. The van der Waals surface area contributed by atoms with Crippen LogP contribution in [0.4, 0.5) is 14.5 Å². The molecular formula is C20H18F2N2O4. The summed E-state index contributed by atoms with van der Waals surface area (Å²) in [5.74, 6) is -3.46. The van der Waals surface area contributed by atoms with E-state index in [9.17, 15) is 18.4 Å². The van der Waals surface area contributed by atoms with Gasteiger partial charge < -0.3 is 14.4 Å². The molecule has 0 unspecified atom stereocenters. The van der Waals surface area contributed by atoms with Crippen LogP contribution in [-0.4, -0.2) is 31.6 Å². The molecule has 0 atom stereocenters. The molecule has 1 amide bonds. The fourth-order valence-corrected chi connectivity index (χ4v) is 2.42. The second kappa shape index (κ2) is 10.0. The number of esters is 1. The number of hydrogen-bond donors (Lipinski definition) is 0. The maximum absolute atomic E-state index is 13.6. The van der Waals surface area contributed by atoms with Gasteiger partial charge in [-0.1, -0.05) is 6.07 Å². The van der Waals surface area contributed by atoms with Crippen LogP contribution in [0.25, 0.3) is 0 Å². The maximum atomic E-state index is 13.6. The standard InChI is InChI=1S/C20H18F2N2O4/c1-2-27-15-9-7-14(8-10-15)24(12-4-11-23)18(25)13-28-20(26)19-16(21)5-3-6-17(19)22/h3,5-10H,2,4,12-13H2,1H3. The van der Waals surface area contributed by atoms with Crippen LogP contribution in [0.1, 0.15) is 23.7 Å². The van der Waals surface area contributed by atoms with Gasteiger partial charge in [0.1, 0.15) is 22.9 Å². The quantitative estimate of drug-likeness (QED) is 0.647. The van der Waals surface area contributed by atoms with Crippen molar-refractivity contribution in [2.24, 2.45) is 0 Å². The summed E-state index contributed by atoms with van der Waals surface area (Å²) in [6.45, 7) is 1.66. The van der Waals surface area contributed by atoms with Crippen LogP contribution in [0.15, 0.2) is 42.5 Å². The normalized spacial score (nSPS) is 10.1. The minimum atomic E-state index is -1.28. The Kier molecular flexibility index (Phi) is 7.45. The predicted molar refractivity (Wildman–Crippen MR) is 96.8 cm³/mol. The van der Waals surface area contributed by atoms with Crippen LogP contribution in [0.5, 0.6) is 5.75 Å². The Morgan fingerprint density at radius 2 is 1.75 bits per heavy atom. The van der Waals surface area contributed by atoms with Gasteiger partial charge in [-0.3, -0.25) is 4.79 Å². The van der Waals surface area contributed by atoms with Crippen LogP contribution >= 0.6 is 0 Å². The van der Waals surface area contributed by atoms with Gasteiger partial charge in [0.2, 0.25) is 0 Å². The van der Waals surface area contributed by atoms with Crippen LogP contribution in [-0.2, 0) is 9.53 Å². The molecule has 0 aliphatic rings. The zero-order chi connectivity index (χ0) is 20.5. The van der Waals surface area contributed by atoms with Crippen LogP contribution in [0.2, 0.25) is 0 Å². The second-order valence-electron chi connectivity index (χ2n) is 5.55. The van der Waals surface area contributed by atoms with Gasteiger partial charge in [-0.05, 0) is 43.3 Å². The molecule has 6 nitrogen and oxygen atoms in total. The van der Waals surface area contributed by atoms with E-state index in [1.807, 2.05) is 13.0 Å². The molecule has 0 bridgehead atoms. The highest BCUT2D eigenvalue weighted by Gasteiger charge is 2.22. The molecule has 28 heavy (non-hydrogen) atoms. The highest BCUT2D eigenvalue weighted by atomic mass is 19.1.